The molecular formula is C26H28N6O3. The average Bonchev–Trinajstić information content (AvgIpc) is 3.24. The maximum absolute atomic E-state index is 12.9. The highest BCUT2D eigenvalue weighted by Gasteiger charge is 2.34. The highest BCUT2D eigenvalue weighted by molar-refractivity contribution is 6.01. The fourth-order valence-electron chi connectivity index (χ4n) is 4.60. The molecule has 2 aliphatic heterocycles. The number of rotatable bonds is 5. The number of carbonyl (C=O) groups excluding carboxylic acids is 2. The number of piperazine rings is 1. The molecule has 3 amide bonds. The van der Waals surface area contributed by atoms with Crippen molar-refractivity contribution in [3.05, 3.63) is 72.3 Å². The van der Waals surface area contributed by atoms with Crippen LogP contribution >= 0.6 is 0 Å². The van der Waals surface area contributed by atoms with Crippen LogP contribution in [-0.4, -0.2) is 73.1 Å². The number of urea groups is 1. The van der Waals surface area contributed by atoms with E-state index in [2.05, 4.69) is 10.2 Å². The number of benzene rings is 3. The summed E-state index contributed by atoms with van der Waals surface area (Å²) in [6.07, 6.45) is -0.621. The summed E-state index contributed by atoms with van der Waals surface area (Å²) in [7, 11) is 0. The number of amidine groups is 1. The summed E-state index contributed by atoms with van der Waals surface area (Å²) in [5.41, 5.74) is 7.64. The maximum atomic E-state index is 12.9. The second kappa shape index (κ2) is 9.63. The van der Waals surface area contributed by atoms with E-state index >= 15 is 0 Å². The molecule has 0 aliphatic carbocycles. The van der Waals surface area contributed by atoms with Crippen molar-refractivity contribution in [2.75, 3.05) is 49.5 Å². The molecule has 2 fully saturated rings. The highest BCUT2D eigenvalue weighted by atomic mass is 16.6. The van der Waals surface area contributed by atoms with Gasteiger partial charge in [0.1, 0.15) is 11.9 Å². The van der Waals surface area contributed by atoms with E-state index in [9.17, 15) is 9.59 Å². The van der Waals surface area contributed by atoms with E-state index in [1.165, 1.54) is 0 Å². The molecule has 1 unspecified atom stereocenters. The summed E-state index contributed by atoms with van der Waals surface area (Å²) >= 11 is 0. The summed E-state index contributed by atoms with van der Waals surface area (Å²) < 4.78 is 5.59. The van der Waals surface area contributed by atoms with Crippen LogP contribution in [-0.2, 0) is 4.74 Å². The number of ether oxygens (including phenoxy) is 1. The van der Waals surface area contributed by atoms with Crippen molar-refractivity contribution in [3.8, 4) is 0 Å². The molecule has 9 nitrogen and oxygen atoms in total. The van der Waals surface area contributed by atoms with Gasteiger partial charge < -0.3 is 20.7 Å². The number of nitrogen functional groups attached to an aromatic ring is 1. The minimum Gasteiger partial charge on any atom is -0.443 e. The topological polar surface area (TPSA) is 115 Å². The van der Waals surface area contributed by atoms with Gasteiger partial charge in [0.05, 0.1) is 12.2 Å². The Kier molecular flexibility index (Phi) is 6.24. The maximum Gasteiger partial charge on any atom is 0.414 e. The lowest BCUT2D eigenvalue weighted by molar-refractivity contribution is 0.0863. The van der Waals surface area contributed by atoms with Crippen LogP contribution in [0, 0.1) is 5.41 Å². The molecular weight excluding hydrogens is 444 g/mol. The van der Waals surface area contributed by atoms with Gasteiger partial charge >= 0.3 is 12.1 Å². The average molecular weight is 473 g/mol. The Balaban J connectivity index is 1.13. The van der Waals surface area contributed by atoms with Gasteiger partial charge in [0.2, 0.25) is 0 Å². The zero-order valence-corrected chi connectivity index (χ0v) is 19.3. The zero-order chi connectivity index (χ0) is 24.4. The monoisotopic (exact) mass is 472 g/mol. The zero-order valence-electron chi connectivity index (χ0n) is 19.3. The Morgan fingerprint density at radius 3 is 2.46 bits per heavy atom. The minimum absolute atomic E-state index is 0.0108. The molecule has 2 aliphatic rings. The fourth-order valence-corrected chi connectivity index (χ4v) is 4.60. The Labute approximate surface area is 203 Å². The van der Waals surface area contributed by atoms with Crippen LogP contribution in [0.25, 0.3) is 10.8 Å². The quantitative estimate of drug-likeness (QED) is 0.389. The van der Waals surface area contributed by atoms with E-state index in [-0.39, 0.29) is 24.1 Å². The lowest BCUT2D eigenvalue weighted by atomic mass is 10.1. The molecule has 0 radical (unpaired) electrons. The van der Waals surface area contributed by atoms with Crippen LogP contribution in [0.2, 0.25) is 0 Å². The van der Waals surface area contributed by atoms with Gasteiger partial charge in [0.25, 0.3) is 0 Å². The van der Waals surface area contributed by atoms with E-state index in [4.69, 9.17) is 15.9 Å². The second-order valence-corrected chi connectivity index (χ2v) is 8.82. The van der Waals surface area contributed by atoms with E-state index in [0.29, 0.717) is 44.8 Å². The Bertz CT molecular complexity index is 1250. The highest BCUT2D eigenvalue weighted by Crippen LogP contribution is 2.24. The van der Waals surface area contributed by atoms with Crippen molar-refractivity contribution in [2.24, 2.45) is 5.73 Å². The van der Waals surface area contributed by atoms with Gasteiger partial charge in [-0.25, -0.2) is 9.59 Å². The number of carbonyl (C=O) groups is 2. The largest absolute Gasteiger partial charge is 0.443 e. The second-order valence-electron chi connectivity index (χ2n) is 8.82. The number of nitrogens with one attached hydrogen (secondary N) is 2. The number of nitrogens with two attached hydrogens (primary N) is 1. The van der Waals surface area contributed by atoms with Crippen molar-refractivity contribution < 1.29 is 14.3 Å². The van der Waals surface area contributed by atoms with E-state index in [0.717, 1.165) is 22.1 Å². The normalized spacial score (nSPS) is 18.5. The van der Waals surface area contributed by atoms with Crippen LogP contribution in [0.4, 0.5) is 21.0 Å². The first kappa shape index (κ1) is 22.7. The number of amides is 3. The molecule has 0 bridgehead atoms. The molecule has 0 saturated carbocycles. The Morgan fingerprint density at radius 1 is 1.00 bits per heavy atom. The predicted octanol–water partition coefficient (Wildman–Crippen LogP) is 3.30. The number of fused-ring (bicyclic) bond motifs is 1. The summed E-state index contributed by atoms with van der Waals surface area (Å²) in [4.78, 5) is 30.9. The SMILES string of the molecule is N=C(N)c1ccc(N2CC(CN3CCN(C(=O)Nc4cccc5ccccc45)CC3)OC2=O)cc1. The van der Waals surface area contributed by atoms with Crippen LogP contribution in [0.1, 0.15) is 5.56 Å². The predicted molar refractivity (Wildman–Crippen MR) is 136 cm³/mol. The lowest BCUT2D eigenvalue weighted by Crippen LogP contribution is -2.51. The molecule has 35 heavy (non-hydrogen) atoms. The molecule has 0 spiro atoms. The smallest absolute Gasteiger partial charge is 0.414 e. The van der Waals surface area contributed by atoms with Crippen LogP contribution in [0.15, 0.2) is 66.7 Å². The third-order valence-corrected chi connectivity index (χ3v) is 6.52. The van der Waals surface area contributed by atoms with Gasteiger partial charge in [-0.05, 0) is 35.7 Å². The molecule has 5 rings (SSSR count). The number of anilines is 2. The van der Waals surface area contributed by atoms with Gasteiger partial charge in [-0.2, -0.15) is 0 Å². The van der Waals surface area contributed by atoms with Crippen molar-refractivity contribution >= 4 is 40.1 Å². The molecule has 0 aromatic heterocycles. The first-order valence-corrected chi connectivity index (χ1v) is 11.7. The molecule has 1 atom stereocenters. The fraction of sp³-hybridized carbons (Fsp3) is 0.269. The summed E-state index contributed by atoms with van der Waals surface area (Å²) in [6.45, 7) is 3.71. The van der Waals surface area contributed by atoms with Crippen molar-refractivity contribution in [1.82, 2.24) is 9.80 Å². The summed E-state index contributed by atoms with van der Waals surface area (Å²) in [6, 6.07) is 20.8. The number of hydrogen-bond acceptors (Lipinski definition) is 5. The number of hydrogen-bond donors (Lipinski definition) is 3. The third-order valence-electron chi connectivity index (χ3n) is 6.52. The van der Waals surface area contributed by atoms with Crippen LogP contribution < -0.4 is 16.0 Å². The van der Waals surface area contributed by atoms with Crippen LogP contribution in [0.5, 0.6) is 0 Å². The van der Waals surface area contributed by atoms with E-state index < -0.39 is 0 Å². The van der Waals surface area contributed by atoms with Gasteiger partial charge in [0, 0.05) is 49.4 Å². The molecule has 3 aromatic carbocycles. The molecule has 2 saturated heterocycles. The van der Waals surface area contributed by atoms with Crippen molar-refractivity contribution in [3.63, 3.8) is 0 Å². The van der Waals surface area contributed by atoms with Crippen LogP contribution in [0.3, 0.4) is 0 Å². The van der Waals surface area contributed by atoms with E-state index in [1.54, 1.807) is 29.2 Å². The summed E-state index contributed by atoms with van der Waals surface area (Å²) in [5.74, 6) is -0.0108. The Hall–Kier alpha value is -4.11. The lowest BCUT2D eigenvalue weighted by Gasteiger charge is -2.35. The first-order chi connectivity index (χ1) is 17.0. The molecule has 2 heterocycles. The standard InChI is InChI=1S/C26H28N6O3/c27-24(28)19-8-10-20(11-9-19)32-17-21(35-26(32)34)16-30-12-14-31(15-13-30)25(33)29-23-7-3-5-18-4-1-2-6-22(18)23/h1-11,21H,12-17H2,(H3,27,28)(H,29,33). The third kappa shape index (κ3) is 4.90. The van der Waals surface area contributed by atoms with Gasteiger partial charge in [-0.3, -0.25) is 15.2 Å². The van der Waals surface area contributed by atoms with Crippen molar-refractivity contribution in [1.29, 1.82) is 5.41 Å². The van der Waals surface area contributed by atoms with Gasteiger partial charge in [-0.15, -0.1) is 0 Å². The number of nitrogens with zero attached hydrogens (tertiary/aromatic N) is 3. The van der Waals surface area contributed by atoms with Crippen molar-refractivity contribution in [2.45, 2.75) is 6.10 Å². The van der Waals surface area contributed by atoms with E-state index in [1.807, 2.05) is 47.4 Å². The molecule has 4 N–H and O–H groups in total. The Morgan fingerprint density at radius 2 is 1.71 bits per heavy atom. The molecule has 180 valence electrons. The number of cyclic esters (lactones) is 1. The van der Waals surface area contributed by atoms with Gasteiger partial charge in [0.15, 0.2) is 0 Å². The molecule has 3 aromatic rings. The minimum atomic E-state index is -0.376. The molecule has 9 heteroatoms. The first-order valence-electron chi connectivity index (χ1n) is 11.7. The van der Waals surface area contributed by atoms with Gasteiger partial charge in [-0.1, -0.05) is 36.4 Å². The summed E-state index contributed by atoms with van der Waals surface area (Å²) in [5, 5.41) is 12.7.